The van der Waals surface area contributed by atoms with Gasteiger partial charge < -0.3 is 29.0 Å². The first-order chi connectivity index (χ1) is 15.1. The highest BCUT2D eigenvalue weighted by molar-refractivity contribution is 6.04. The molecule has 0 aliphatic heterocycles. The van der Waals surface area contributed by atoms with E-state index in [-0.39, 0.29) is 12.5 Å². The van der Waals surface area contributed by atoms with Gasteiger partial charge in [0.15, 0.2) is 23.0 Å². The average molecular weight is 423 g/mol. The van der Waals surface area contributed by atoms with E-state index >= 15 is 0 Å². The lowest BCUT2D eigenvalue weighted by Crippen LogP contribution is -2.13. The van der Waals surface area contributed by atoms with Crippen molar-refractivity contribution in [3.8, 4) is 28.7 Å². The Morgan fingerprint density at radius 1 is 0.710 bits per heavy atom. The maximum Gasteiger partial charge on any atom is 0.255 e. The summed E-state index contributed by atoms with van der Waals surface area (Å²) < 4.78 is 27.2. The molecule has 1 amide bonds. The van der Waals surface area contributed by atoms with Crippen molar-refractivity contribution >= 4 is 11.6 Å². The van der Waals surface area contributed by atoms with Crippen LogP contribution in [0.1, 0.15) is 15.9 Å². The lowest BCUT2D eigenvalue weighted by molar-refractivity contribution is 0.102. The molecule has 7 heteroatoms. The number of nitrogens with one attached hydrogen (secondary N) is 1. The normalized spacial score (nSPS) is 10.2. The van der Waals surface area contributed by atoms with E-state index in [9.17, 15) is 4.79 Å². The second-order valence-electron chi connectivity index (χ2n) is 6.49. The van der Waals surface area contributed by atoms with Crippen molar-refractivity contribution in [3.05, 3.63) is 71.8 Å². The summed E-state index contributed by atoms with van der Waals surface area (Å²) >= 11 is 0. The Hall–Kier alpha value is -3.87. The molecule has 0 bridgehead atoms. The first kappa shape index (κ1) is 21.8. The summed E-state index contributed by atoms with van der Waals surface area (Å²) in [6.07, 6.45) is 0. The van der Waals surface area contributed by atoms with Crippen LogP contribution in [0.15, 0.2) is 60.7 Å². The number of hydrogen-bond acceptors (Lipinski definition) is 6. The van der Waals surface area contributed by atoms with Crippen LogP contribution in [0.4, 0.5) is 5.69 Å². The third-order valence-electron chi connectivity index (χ3n) is 4.64. The van der Waals surface area contributed by atoms with Crippen LogP contribution < -0.4 is 29.0 Å². The number of anilines is 1. The van der Waals surface area contributed by atoms with E-state index < -0.39 is 0 Å². The predicted octanol–water partition coefficient (Wildman–Crippen LogP) is 4.55. The first-order valence-corrected chi connectivity index (χ1v) is 9.55. The molecular weight excluding hydrogens is 398 g/mol. The van der Waals surface area contributed by atoms with Crippen LogP contribution in [0, 0.1) is 0 Å². The summed E-state index contributed by atoms with van der Waals surface area (Å²) in [4.78, 5) is 12.8. The number of para-hydroxylation sites is 2. The second kappa shape index (κ2) is 10.2. The molecule has 3 aromatic rings. The molecule has 7 nitrogen and oxygen atoms in total. The Kier molecular flexibility index (Phi) is 7.22. The quantitative estimate of drug-likeness (QED) is 0.544. The molecule has 3 aromatic carbocycles. The number of amides is 1. The molecule has 0 spiro atoms. The first-order valence-electron chi connectivity index (χ1n) is 9.55. The molecule has 0 atom stereocenters. The Bertz CT molecular complexity index is 1050. The van der Waals surface area contributed by atoms with Crippen molar-refractivity contribution in [1.82, 2.24) is 0 Å². The third-order valence-corrected chi connectivity index (χ3v) is 4.64. The summed E-state index contributed by atoms with van der Waals surface area (Å²) in [5, 5.41) is 2.86. The largest absolute Gasteiger partial charge is 0.496 e. The molecule has 0 aliphatic rings. The topological polar surface area (TPSA) is 75.3 Å². The van der Waals surface area contributed by atoms with E-state index in [0.29, 0.717) is 40.0 Å². The number of carbonyl (C=O) groups is 1. The van der Waals surface area contributed by atoms with Gasteiger partial charge in [-0.2, -0.15) is 0 Å². The van der Waals surface area contributed by atoms with Gasteiger partial charge in [0, 0.05) is 22.9 Å². The molecule has 0 radical (unpaired) electrons. The van der Waals surface area contributed by atoms with Crippen molar-refractivity contribution in [3.63, 3.8) is 0 Å². The molecule has 0 aliphatic carbocycles. The van der Waals surface area contributed by atoms with Gasteiger partial charge in [-0.05, 0) is 42.5 Å². The minimum atomic E-state index is -0.270. The molecule has 1 N–H and O–H groups in total. The van der Waals surface area contributed by atoms with E-state index in [1.807, 2.05) is 24.3 Å². The van der Waals surface area contributed by atoms with Crippen LogP contribution in [0.2, 0.25) is 0 Å². The smallest absolute Gasteiger partial charge is 0.255 e. The highest BCUT2D eigenvalue weighted by Gasteiger charge is 2.13. The number of carbonyl (C=O) groups excluding carboxylic acids is 1. The second-order valence-corrected chi connectivity index (χ2v) is 6.49. The number of methoxy groups -OCH3 is 4. The zero-order valence-electron chi connectivity index (χ0n) is 17.9. The van der Waals surface area contributed by atoms with Crippen LogP contribution >= 0.6 is 0 Å². The van der Waals surface area contributed by atoms with Gasteiger partial charge >= 0.3 is 0 Å². The molecule has 162 valence electrons. The van der Waals surface area contributed by atoms with Gasteiger partial charge in [-0.25, -0.2) is 0 Å². The SMILES string of the molecule is COc1ccc(C(=O)Nc2ccc(OC)c(OC)c2)cc1COc1ccccc1OC. The molecule has 0 heterocycles. The highest BCUT2D eigenvalue weighted by atomic mass is 16.5. The lowest BCUT2D eigenvalue weighted by atomic mass is 10.1. The van der Waals surface area contributed by atoms with Gasteiger partial charge in [-0.3, -0.25) is 4.79 Å². The fourth-order valence-electron chi connectivity index (χ4n) is 3.04. The zero-order chi connectivity index (χ0) is 22.2. The van der Waals surface area contributed by atoms with Gasteiger partial charge in [-0.15, -0.1) is 0 Å². The van der Waals surface area contributed by atoms with Crippen LogP contribution in [0.3, 0.4) is 0 Å². The maximum atomic E-state index is 12.8. The van der Waals surface area contributed by atoms with E-state index in [2.05, 4.69) is 5.32 Å². The van der Waals surface area contributed by atoms with Crippen LogP contribution in [-0.2, 0) is 6.61 Å². The molecule has 0 unspecified atom stereocenters. The van der Waals surface area contributed by atoms with Crippen molar-refractivity contribution < 1.29 is 28.5 Å². The molecule has 0 aromatic heterocycles. The fraction of sp³-hybridized carbons (Fsp3) is 0.208. The molecule has 0 saturated carbocycles. The summed E-state index contributed by atoms with van der Waals surface area (Å²) in [6.45, 7) is 0.209. The summed E-state index contributed by atoms with van der Waals surface area (Å²) in [7, 11) is 6.26. The number of ether oxygens (including phenoxy) is 5. The average Bonchev–Trinajstić information content (AvgIpc) is 2.82. The summed E-state index contributed by atoms with van der Waals surface area (Å²) in [5.74, 6) is 2.70. The monoisotopic (exact) mass is 423 g/mol. The number of hydrogen-bond donors (Lipinski definition) is 1. The van der Waals surface area contributed by atoms with E-state index in [4.69, 9.17) is 23.7 Å². The van der Waals surface area contributed by atoms with Crippen molar-refractivity contribution in [1.29, 1.82) is 0 Å². The van der Waals surface area contributed by atoms with Gasteiger partial charge in [0.2, 0.25) is 0 Å². The van der Waals surface area contributed by atoms with E-state index in [0.717, 1.165) is 5.56 Å². The summed E-state index contributed by atoms with van der Waals surface area (Å²) in [5.41, 5.74) is 1.79. The van der Waals surface area contributed by atoms with Crippen LogP contribution in [0.5, 0.6) is 28.7 Å². The number of benzene rings is 3. The number of rotatable bonds is 9. The maximum absolute atomic E-state index is 12.8. The Morgan fingerprint density at radius 2 is 1.32 bits per heavy atom. The zero-order valence-corrected chi connectivity index (χ0v) is 17.9. The fourth-order valence-corrected chi connectivity index (χ4v) is 3.04. The van der Waals surface area contributed by atoms with Gasteiger partial charge in [-0.1, -0.05) is 12.1 Å². The predicted molar refractivity (Wildman–Crippen MR) is 118 cm³/mol. The third kappa shape index (κ3) is 5.19. The minimum absolute atomic E-state index is 0.209. The Labute approximate surface area is 181 Å². The molecule has 31 heavy (non-hydrogen) atoms. The minimum Gasteiger partial charge on any atom is -0.496 e. The Morgan fingerprint density at radius 3 is 2.00 bits per heavy atom. The van der Waals surface area contributed by atoms with Crippen molar-refractivity contribution in [2.45, 2.75) is 6.61 Å². The Balaban J connectivity index is 1.78. The van der Waals surface area contributed by atoms with Crippen LogP contribution in [-0.4, -0.2) is 34.3 Å². The van der Waals surface area contributed by atoms with E-state index in [1.165, 1.54) is 0 Å². The van der Waals surface area contributed by atoms with Crippen molar-refractivity contribution in [2.24, 2.45) is 0 Å². The van der Waals surface area contributed by atoms with Gasteiger partial charge in [0.1, 0.15) is 12.4 Å². The molecule has 0 fully saturated rings. The molecule has 0 saturated heterocycles. The van der Waals surface area contributed by atoms with Gasteiger partial charge in [0.05, 0.1) is 28.4 Å². The standard InChI is InChI=1S/C24H25NO6/c1-27-19-11-9-16(13-17(19)15-31-22-8-6-5-7-20(22)28-2)24(26)25-18-10-12-21(29-3)23(14-18)30-4/h5-14H,15H2,1-4H3,(H,25,26). The molecule has 3 rings (SSSR count). The van der Waals surface area contributed by atoms with Crippen molar-refractivity contribution in [2.75, 3.05) is 33.8 Å². The highest BCUT2D eigenvalue weighted by Crippen LogP contribution is 2.31. The lowest BCUT2D eigenvalue weighted by Gasteiger charge is -2.14. The molecular formula is C24H25NO6. The van der Waals surface area contributed by atoms with Gasteiger partial charge in [0.25, 0.3) is 5.91 Å². The summed E-state index contributed by atoms with van der Waals surface area (Å²) in [6, 6.07) is 17.7. The van der Waals surface area contributed by atoms with E-state index in [1.54, 1.807) is 64.8 Å². The van der Waals surface area contributed by atoms with Crippen LogP contribution in [0.25, 0.3) is 0 Å².